The molecule has 1 aromatic heterocycles. The second-order valence-corrected chi connectivity index (χ2v) is 7.84. The molecule has 0 fully saturated rings. The molecule has 32 heavy (non-hydrogen) atoms. The van der Waals surface area contributed by atoms with Gasteiger partial charge < -0.3 is 14.4 Å². The predicted molar refractivity (Wildman–Crippen MR) is 122 cm³/mol. The lowest BCUT2D eigenvalue weighted by Crippen LogP contribution is -2.42. The maximum absolute atomic E-state index is 12.6. The van der Waals surface area contributed by atoms with E-state index in [1.807, 2.05) is 47.7 Å². The summed E-state index contributed by atoms with van der Waals surface area (Å²) in [6.07, 6.45) is 1.54. The molecule has 2 heterocycles. The number of rotatable bonds is 10. The highest BCUT2D eigenvalue weighted by Crippen LogP contribution is 2.24. The Bertz CT molecular complexity index is 919. The van der Waals surface area contributed by atoms with Crippen LogP contribution >= 0.6 is 0 Å². The Morgan fingerprint density at radius 3 is 2.47 bits per heavy atom. The Labute approximate surface area is 190 Å². The van der Waals surface area contributed by atoms with Crippen LogP contribution in [0, 0.1) is 0 Å². The van der Waals surface area contributed by atoms with Gasteiger partial charge in [-0.05, 0) is 44.9 Å². The van der Waals surface area contributed by atoms with Crippen molar-refractivity contribution in [2.24, 2.45) is 0 Å². The maximum Gasteiger partial charge on any atom is 0.359 e. The van der Waals surface area contributed by atoms with E-state index >= 15 is 0 Å². The van der Waals surface area contributed by atoms with Gasteiger partial charge in [0.1, 0.15) is 5.75 Å². The van der Waals surface area contributed by atoms with Crippen LogP contribution in [0.4, 0.5) is 0 Å². The number of likely N-dealkylation sites (N-methyl/N-ethyl adjacent to an activating group) is 1. The van der Waals surface area contributed by atoms with Gasteiger partial charge in [-0.15, -0.1) is 0 Å². The average molecular weight is 443 g/mol. The fourth-order valence-corrected chi connectivity index (χ4v) is 4.12. The first kappa shape index (κ1) is 23.8. The molecule has 174 valence electrons. The third-order valence-corrected chi connectivity index (χ3v) is 5.93. The van der Waals surface area contributed by atoms with Crippen LogP contribution in [-0.2, 0) is 35.5 Å². The molecule has 1 aromatic carbocycles. The molecular formula is C24H34N4O4. The number of hydrogen-bond donors (Lipinski definition) is 0. The first-order valence-corrected chi connectivity index (χ1v) is 11.4. The van der Waals surface area contributed by atoms with Crippen LogP contribution in [0.15, 0.2) is 24.3 Å². The number of aryl methyl sites for hydroxylation is 2. The van der Waals surface area contributed by atoms with Gasteiger partial charge in [-0.1, -0.05) is 12.1 Å². The smallest absolute Gasteiger partial charge is 0.359 e. The lowest BCUT2D eigenvalue weighted by Gasteiger charge is -2.29. The Balaban J connectivity index is 1.77. The minimum Gasteiger partial charge on any atom is -0.497 e. The quantitative estimate of drug-likeness (QED) is 0.527. The highest BCUT2D eigenvalue weighted by atomic mass is 16.5. The summed E-state index contributed by atoms with van der Waals surface area (Å²) in [6, 6.07) is 7.98. The first-order valence-electron chi connectivity index (χ1n) is 11.4. The molecular weight excluding hydrogens is 408 g/mol. The first-order chi connectivity index (χ1) is 15.5. The second kappa shape index (κ2) is 11.1. The number of amides is 1. The van der Waals surface area contributed by atoms with Gasteiger partial charge >= 0.3 is 5.97 Å². The van der Waals surface area contributed by atoms with E-state index in [-0.39, 0.29) is 5.91 Å². The van der Waals surface area contributed by atoms with Crippen molar-refractivity contribution in [2.45, 2.75) is 46.7 Å². The summed E-state index contributed by atoms with van der Waals surface area (Å²) < 4.78 is 12.4. The van der Waals surface area contributed by atoms with Crippen molar-refractivity contribution < 1.29 is 19.1 Å². The molecule has 0 N–H and O–H groups in total. The normalized spacial score (nSPS) is 13.5. The topological polar surface area (TPSA) is 76.9 Å². The van der Waals surface area contributed by atoms with E-state index in [1.54, 1.807) is 14.0 Å². The van der Waals surface area contributed by atoms with Crippen molar-refractivity contribution in [3.63, 3.8) is 0 Å². The van der Waals surface area contributed by atoms with E-state index < -0.39 is 5.97 Å². The molecule has 1 aliphatic rings. The number of nitrogens with zero attached hydrogens (tertiary/aromatic N) is 4. The third-order valence-electron chi connectivity index (χ3n) is 5.93. The lowest BCUT2D eigenvalue weighted by atomic mass is 10.0. The van der Waals surface area contributed by atoms with Gasteiger partial charge in [0.25, 0.3) is 0 Å². The maximum atomic E-state index is 12.6. The zero-order valence-electron chi connectivity index (χ0n) is 19.6. The average Bonchev–Trinajstić information content (AvgIpc) is 3.17. The van der Waals surface area contributed by atoms with Crippen LogP contribution in [0.1, 0.15) is 48.1 Å². The number of esters is 1. The van der Waals surface area contributed by atoms with Crippen LogP contribution in [0.25, 0.3) is 0 Å². The monoisotopic (exact) mass is 442 g/mol. The molecule has 0 radical (unpaired) electrons. The van der Waals surface area contributed by atoms with Crippen molar-refractivity contribution in [3.05, 3.63) is 46.8 Å². The van der Waals surface area contributed by atoms with Gasteiger partial charge in [0, 0.05) is 50.4 Å². The number of benzene rings is 1. The highest BCUT2D eigenvalue weighted by Gasteiger charge is 2.30. The molecule has 8 heteroatoms. The summed E-state index contributed by atoms with van der Waals surface area (Å²) in [5.74, 6) is 0.543. The molecule has 0 bridgehead atoms. The van der Waals surface area contributed by atoms with Gasteiger partial charge in [0.2, 0.25) is 5.91 Å². The van der Waals surface area contributed by atoms with Crippen molar-refractivity contribution in [1.82, 2.24) is 19.6 Å². The van der Waals surface area contributed by atoms with Crippen LogP contribution in [0.2, 0.25) is 0 Å². The Hall–Kier alpha value is -2.87. The van der Waals surface area contributed by atoms with E-state index in [2.05, 4.69) is 10.00 Å². The van der Waals surface area contributed by atoms with Gasteiger partial charge in [0.05, 0.1) is 20.3 Å². The SMILES string of the molecule is CCOC(=O)c1nn(CCc2ccc(OC)cc2)c2c1CN(CC(=O)N(CC)CC)CC2. The largest absolute Gasteiger partial charge is 0.497 e. The summed E-state index contributed by atoms with van der Waals surface area (Å²) in [4.78, 5) is 29.1. The predicted octanol–water partition coefficient (Wildman–Crippen LogP) is 2.54. The third kappa shape index (κ3) is 5.48. The number of fused-ring (bicyclic) bond motifs is 1. The Morgan fingerprint density at radius 1 is 1.12 bits per heavy atom. The molecule has 3 rings (SSSR count). The molecule has 0 saturated heterocycles. The second-order valence-electron chi connectivity index (χ2n) is 7.84. The van der Waals surface area contributed by atoms with E-state index in [4.69, 9.17) is 9.47 Å². The molecule has 2 aromatic rings. The molecule has 0 saturated carbocycles. The standard InChI is InChI=1S/C24H34N4O4/c1-5-27(6-2)22(29)17-26-14-13-21-20(16-26)23(24(30)32-7-3)25-28(21)15-12-18-8-10-19(31-4)11-9-18/h8-11H,5-7,12-17H2,1-4H3. The van der Waals surface area contributed by atoms with Gasteiger partial charge in [-0.25, -0.2) is 4.79 Å². The molecule has 8 nitrogen and oxygen atoms in total. The Morgan fingerprint density at radius 2 is 1.84 bits per heavy atom. The minimum atomic E-state index is -0.399. The number of carbonyl (C=O) groups excluding carboxylic acids is 2. The van der Waals surface area contributed by atoms with Crippen molar-refractivity contribution >= 4 is 11.9 Å². The zero-order chi connectivity index (χ0) is 23.1. The zero-order valence-corrected chi connectivity index (χ0v) is 19.6. The molecule has 0 atom stereocenters. The summed E-state index contributed by atoms with van der Waals surface area (Å²) in [7, 11) is 1.65. The number of carbonyl (C=O) groups is 2. The number of methoxy groups -OCH3 is 1. The summed E-state index contributed by atoms with van der Waals surface area (Å²) >= 11 is 0. The summed E-state index contributed by atoms with van der Waals surface area (Å²) in [5.41, 5.74) is 3.50. The highest BCUT2D eigenvalue weighted by molar-refractivity contribution is 5.89. The van der Waals surface area contributed by atoms with E-state index in [0.29, 0.717) is 45.0 Å². The van der Waals surface area contributed by atoms with E-state index in [1.165, 1.54) is 5.56 Å². The van der Waals surface area contributed by atoms with Crippen molar-refractivity contribution in [3.8, 4) is 5.75 Å². The van der Waals surface area contributed by atoms with Crippen molar-refractivity contribution in [1.29, 1.82) is 0 Å². The fourth-order valence-electron chi connectivity index (χ4n) is 4.12. The number of hydrogen-bond acceptors (Lipinski definition) is 6. The summed E-state index contributed by atoms with van der Waals surface area (Å²) in [6.45, 7) is 9.78. The Kier molecular flexibility index (Phi) is 8.27. The number of ether oxygens (including phenoxy) is 2. The van der Waals surface area contributed by atoms with Crippen LogP contribution in [0.5, 0.6) is 5.75 Å². The van der Waals surface area contributed by atoms with Gasteiger partial charge in [-0.2, -0.15) is 5.10 Å². The molecule has 0 unspecified atom stereocenters. The van der Waals surface area contributed by atoms with E-state index in [9.17, 15) is 9.59 Å². The fraction of sp³-hybridized carbons (Fsp3) is 0.542. The lowest BCUT2D eigenvalue weighted by molar-refractivity contribution is -0.132. The van der Waals surface area contributed by atoms with Crippen LogP contribution in [-0.4, -0.2) is 71.4 Å². The molecule has 0 aliphatic carbocycles. The van der Waals surface area contributed by atoms with E-state index in [0.717, 1.165) is 36.4 Å². The van der Waals surface area contributed by atoms with Crippen LogP contribution in [0.3, 0.4) is 0 Å². The summed E-state index contributed by atoms with van der Waals surface area (Å²) in [5, 5.41) is 4.64. The van der Waals surface area contributed by atoms with Gasteiger partial charge in [0.15, 0.2) is 5.69 Å². The number of aromatic nitrogens is 2. The van der Waals surface area contributed by atoms with Crippen LogP contribution < -0.4 is 4.74 Å². The van der Waals surface area contributed by atoms with Crippen molar-refractivity contribution in [2.75, 3.05) is 39.9 Å². The van der Waals surface area contributed by atoms with Gasteiger partial charge in [-0.3, -0.25) is 14.4 Å². The molecule has 1 aliphatic heterocycles. The molecule has 0 spiro atoms. The molecule has 1 amide bonds. The minimum absolute atomic E-state index is 0.114.